The highest BCUT2D eigenvalue weighted by atomic mass is 79.9. The van der Waals surface area contributed by atoms with Crippen molar-refractivity contribution in [2.45, 2.75) is 57.7 Å². The van der Waals surface area contributed by atoms with Gasteiger partial charge in [0.05, 0.1) is 11.4 Å². The van der Waals surface area contributed by atoms with E-state index < -0.39 is 0 Å². The molecule has 1 aromatic heterocycles. The first-order chi connectivity index (χ1) is 8.11. The van der Waals surface area contributed by atoms with E-state index in [1.54, 1.807) is 0 Å². The summed E-state index contributed by atoms with van der Waals surface area (Å²) in [5.74, 6) is 2.58. The summed E-state index contributed by atoms with van der Waals surface area (Å²) >= 11 is 3.47. The molecule has 1 aliphatic rings. The number of hydrogen-bond acceptors (Lipinski definition) is 3. The van der Waals surface area contributed by atoms with Crippen molar-refractivity contribution in [1.29, 1.82) is 0 Å². The molecule has 2 atom stereocenters. The topological polar surface area (TPSA) is 39.9 Å². The van der Waals surface area contributed by atoms with Crippen LogP contribution in [0.25, 0.3) is 0 Å². The normalized spacial score (nSPS) is 24.8. The van der Waals surface area contributed by atoms with Crippen LogP contribution in [0.5, 0.6) is 0 Å². The van der Waals surface area contributed by atoms with Crippen LogP contribution in [0.3, 0.4) is 0 Å². The Morgan fingerprint density at radius 1 is 1.41 bits per heavy atom. The van der Waals surface area contributed by atoms with Crippen LogP contribution in [0.1, 0.15) is 51.4 Å². The maximum Gasteiger partial charge on any atom is 0.162 e. The summed E-state index contributed by atoms with van der Waals surface area (Å²) < 4.78 is 8.10. The van der Waals surface area contributed by atoms with Gasteiger partial charge in [-0.3, -0.25) is 0 Å². The quantitative estimate of drug-likeness (QED) is 0.803. The summed E-state index contributed by atoms with van der Waals surface area (Å²) in [6.45, 7) is 7.49. The molecule has 17 heavy (non-hydrogen) atoms. The maximum atomic E-state index is 5.89. The summed E-state index contributed by atoms with van der Waals surface area (Å²) in [5, 5.41) is 9.30. The van der Waals surface area contributed by atoms with Crippen LogP contribution in [-0.4, -0.2) is 20.9 Å². The summed E-state index contributed by atoms with van der Waals surface area (Å²) in [6.07, 6.45) is 2.64. The molecule has 0 spiro atoms. The summed E-state index contributed by atoms with van der Waals surface area (Å²) in [4.78, 5) is 0. The van der Waals surface area contributed by atoms with Crippen molar-refractivity contribution >= 4 is 15.9 Å². The van der Waals surface area contributed by atoms with E-state index in [4.69, 9.17) is 4.74 Å². The van der Waals surface area contributed by atoms with E-state index in [0.29, 0.717) is 12.0 Å². The SMILES string of the molecule is CC(C)Cn1c(CBr)nnc1C1CCC(C)O1. The number of alkyl halides is 1. The van der Waals surface area contributed by atoms with Crippen molar-refractivity contribution < 1.29 is 4.74 Å². The van der Waals surface area contributed by atoms with E-state index in [-0.39, 0.29) is 6.10 Å². The monoisotopic (exact) mass is 301 g/mol. The standard InChI is InChI=1S/C12H20BrN3O/c1-8(2)7-16-11(6-13)14-15-12(16)10-5-4-9(3)17-10/h8-10H,4-7H2,1-3H3. The second-order valence-corrected chi connectivity index (χ2v) is 5.69. The second-order valence-electron chi connectivity index (χ2n) is 5.13. The number of aromatic nitrogens is 3. The maximum absolute atomic E-state index is 5.89. The predicted octanol–water partition coefficient (Wildman–Crippen LogP) is 3.07. The van der Waals surface area contributed by atoms with Gasteiger partial charge in [-0.2, -0.15) is 0 Å². The minimum Gasteiger partial charge on any atom is -0.367 e. The lowest BCUT2D eigenvalue weighted by Crippen LogP contribution is -2.14. The van der Waals surface area contributed by atoms with Crippen molar-refractivity contribution in [2.75, 3.05) is 0 Å². The predicted molar refractivity (Wildman–Crippen MR) is 70.0 cm³/mol. The van der Waals surface area contributed by atoms with Gasteiger partial charge in [0.15, 0.2) is 5.82 Å². The van der Waals surface area contributed by atoms with Crippen LogP contribution < -0.4 is 0 Å². The summed E-state index contributed by atoms with van der Waals surface area (Å²) in [7, 11) is 0. The number of halogens is 1. The van der Waals surface area contributed by atoms with Crippen LogP contribution in [-0.2, 0) is 16.6 Å². The van der Waals surface area contributed by atoms with E-state index >= 15 is 0 Å². The molecule has 0 N–H and O–H groups in total. The van der Waals surface area contributed by atoms with Gasteiger partial charge in [0, 0.05) is 6.54 Å². The Labute approximate surface area is 111 Å². The fourth-order valence-corrected chi connectivity index (χ4v) is 2.66. The molecule has 0 aliphatic carbocycles. The molecule has 1 saturated heterocycles. The van der Waals surface area contributed by atoms with Crippen molar-refractivity contribution in [3.05, 3.63) is 11.6 Å². The van der Waals surface area contributed by atoms with E-state index in [1.165, 1.54) is 0 Å². The van der Waals surface area contributed by atoms with E-state index in [0.717, 1.165) is 36.4 Å². The third-order valence-electron chi connectivity index (χ3n) is 3.04. The highest BCUT2D eigenvalue weighted by Crippen LogP contribution is 2.32. The zero-order chi connectivity index (χ0) is 12.4. The first-order valence-electron chi connectivity index (χ1n) is 6.25. The third kappa shape index (κ3) is 2.88. The Balaban J connectivity index is 2.23. The van der Waals surface area contributed by atoms with E-state index in [1.807, 2.05) is 0 Å². The zero-order valence-electron chi connectivity index (χ0n) is 10.7. The largest absolute Gasteiger partial charge is 0.367 e. The fraction of sp³-hybridized carbons (Fsp3) is 0.833. The third-order valence-corrected chi connectivity index (χ3v) is 3.54. The summed E-state index contributed by atoms with van der Waals surface area (Å²) in [6, 6.07) is 0. The molecule has 4 nitrogen and oxygen atoms in total. The first-order valence-corrected chi connectivity index (χ1v) is 7.37. The fourth-order valence-electron chi connectivity index (χ4n) is 2.24. The molecule has 5 heteroatoms. The van der Waals surface area contributed by atoms with Crippen LogP contribution in [0.15, 0.2) is 0 Å². The summed E-state index contributed by atoms with van der Waals surface area (Å²) in [5.41, 5.74) is 0. The molecule has 0 radical (unpaired) electrons. The van der Waals surface area contributed by atoms with Crippen LogP contribution in [0.4, 0.5) is 0 Å². The van der Waals surface area contributed by atoms with Crippen molar-refractivity contribution in [3.63, 3.8) is 0 Å². The Hall–Kier alpha value is -0.420. The Bertz CT molecular complexity index is 378. The van der Waals surface area contributed by atoms with E-state index in [2.05, 4.69) is 51.5 Å². The van der Waals surface area contributed by atoms with E-state index in [9.17, 15) is 0 Å². The minimum absolute atomic E-state index is 0.129. The van der Waals surface area contributed by atoms with Gasteiger partial charge in [0.1, 0.15) is 11.9 Å². The lowest BCUT2D eigenvalue weighted by Gasteiger charge is -2.15. The number of nitrogens with zero attached hydrogens (tertiary/aromatic N) is 3. The number of ether oxygens (including phenoxy) is 1. The van der Waals surface area contributed by atoms with Gasteiger partial charge in [-0.1, -0.05) is 29.8 Å². The molecule has 0 saturated carbocycles. The van der Waals surface area contributed by atoms with Crippen molar-refractivity contribution in [1.82, 2.24) is 14.8 Å². The Morgan fingerprint density at radius 3 is 2.71 bits per heavy atom. The molecule has 1 aliphatic heterocycles. The molecule has 1 fully saturated rings. The molecule has 2 heterocycles. The molecule has 0 aromatic carbocycles. The zero-order valence-corrected chi connectivity index (χ0v) is 12.3. The average Bonchev–Trinajstić information content (AvgIpc) is 2.84. The number of rotatable bonds is 4. The smallest absolute Gasteiger partial charge is 0.162 e. The lowest BCUT2D eigenvalue weighted by atomic mass is 10.2. The van der Waals surface area contributed by atoms with Crippen molar-refractivity contribution in [2.24, 2.45) is 5.92 Å². The van der Waals surface area contributed by atoms with Gasteiger partial charge in [0.2, 0.25) is 0 Å². The van der Waals surface area contributed by atoms with Crippen LogP contribution in [0.2, 0.25) is 0 Å². The first kappa shape index (κ1) is 13.0. The van der Waals surface area contributed by atoms with Gasteiger partial charge in [-0.15, -0.1) is 10.2 Å². The molecule has 0 amide bonds. The molecule has 2 rings (SSSR count). The van der Waals surface area contributed by atoms with Gasteiger partial charge in [-0.25, -0.2) is 0 Å². The highest BCUT2D eigenvalue weighted by Gasteiger charge is 2.28. The molecule has 2 unspecified atom stereocenters. The minimum atomic E-state index is 0.129. The van der Waals surface area contributed by atoms with Gasteiger partial charge < -0.3 is 9.30 Å². The molecular weight excluding hydrogens is 282 g/mol. The highest BCUT2D eigenvalue weighted by molar-refractivity contribution is 9.08. The Kier molecular flexibility index (Phi) is 4.20. The van der Waals surface area contributed by atoms with Crippen LogP contribution in [0, 0.1) is 5.92 Å². The number of hydrogen-bond donors (Lipinski definition) is 0. The molecular formula is C12H20BrN3O. The Morgan fingerprint density at radius 2 is 2.18 bits per heavy atom. The van der Waals surface area contributed by atoms with Crippen LogP contribution >= 0.6 is 15.9 Å². The second kappa shape index (κ2) is 5.48. The van der Waals surface area contributed by atoms with Gasteiger partial charge in [0.25, 0.3) is 0 Å². The van der Waals surface area contributed by atoms with Gasteiger partial charge >= 0.3 is 0 Å². The van der Waals surface area contributed by atoms with Crippen molar-refractivity contribution in [3.8, 4) is 0 Å². The molecule has 1 aromatic rings. The van der Waals surface area contributed by atoms with Gasteiger partial charge in [-0.05, 0) is 25.7 Å². The molecule has 96 valence electrons. The molecule has 0 bridgehead atoms. The lowest BCUT2D eigenvalue weighted by molar-refractivity contribution is 0.0475. The average molecular weight is 302 g/mol.